The molecule has 3 aromatic carbocycles. The van der Waals surface area contributed by atoms with E-state index in [0.717, 1.165) is 5.56 Å². The molecule has 3 rings (SSSR count). The van der Waals surface area contributed by atoms with Crippen LogP contribution in [0.1, 0.15) is 5.56 Å². The molecule has 0 fully saturated rings. The lowest BCUT2D eigenvalue weighted by Gasteiger charge is -2.16. The van der Waals surface area contributed by atoms with Crippen LogP contribution < -0.4 is 15.2 Å². The van der Waals surface area contributed by atoms with Gasteiger partial charge in [-0.25, -0.2) is 0 Å². The number of anilines is 1. The summed E-state index contributed by atoms with van der Waals surface area (Å²) < 4.78 is 47.4. The van der Waals surface area contributed by atoms with Crippen LogP contribution in [0.5, 0.6) is 11.5 Å². The van der Waals surface area contributed by atoms with E-state index in [0.29, 0.717) is 16.8 Å². The smallest absolute Gasteiger partial charge is 0.488 e. The summed E-state index contributed by atoms with van der Waals surface area (Å²) in [5.41, 5.74) is 8.66. The predicted octanol–water partition coefficient (Wildman–Crippen LogP) is 5.41. The second-order valence-corrected chi connectivity index (χ2v) is 5.57. The molecule has 6 heteroatoms. The van der Waals surface area contributed by atoms with E-state index in [1.54, 1.807) is 24.3 Å². The number of benzene rings is 3. The first-order valence-corrected chi connectivity index (χ1v) is 7.84. The molecule has 0 aliphatic rings. The predicted molar refractivity (Wildman–Crippen MR) is 93.7 cm³/mol. The standard InChI is InChI=1S/C20H16F3NO2/c21-20(22,23)26-15-10-11-17(16-8-4-5-9-18(16)24)19(12-15)25-13-14-6-2-1-3-7-14/h1-12H,13,24H2. The second-order valence-electron chi connectivity index (χ2n) is 5.57. The van der Waals surface area contributed by atoms with E-state index in [1.165, 1.54) is 18.2 Å². The summed E-state index contributed by atoms with van der Waals surface area (Å²) in [6, 6.07) is 20.4. The van der Waals surface area contributed by atoms with Gasteiger partial charge in [0.15, 0.2) is 0 Å². The van der Waals surface area contributed by atoms with Gasteiger partial charge in [0.1, 0.15) is 18.1 Å². The SMILES string of the molecule is Nc1ccccc1-c1ccc(OC(F)(F)F)cc1OCc1ccccc1. The molecule has 0 saturated heterocycles. The van der Waals surface area contributed by atoms with Crippen LogP contribution >= 0.6 is 0 Å². The third kappa shape index (κ3) is 4.47. The van der Waals surface area contributed by atoms with E-state index in [-0.39, 0.29) is 18.1 Å². The average molecular weight is 359 g/mol. The fraction of sp³-hybridized carbons (Fsp3) is 0.100. The minimum absolute atomic E-state index is 0.204. The van der Waals surface area contributed by atoms with E-state index in [2.05, 4.69) is 4.74 Å². The van der Waals surface area contributed by atoms with Crippen molar-refractivity contribution in [2.45, 2.75) is 13.0 Å². The average Bonchev–Trinajstić information content (AvgIpc) is 2.60. The van der Waals surface area contributed by atoms with Crippen LogP contribution in [0.25, 0.3) is 11.1 Å². The zero-order valence-electron chi connectivity index (χ0n) is 13.7. The molecule has 0 saturated carbocycles. The van der Waals surface area contributed by atoms with E-state index in [4.69, 9.17) is 10.5 Å². The monoisotopic (exact) mass is 359 g/mol. The Hall–Kier alpha value is -3.15. The molecule has 0 amide bonds. The van der Waals surface area contributed by atoms with Crippen molar-refractivity contribution in [3.8, 4) is 22.6 Å². The molecule has 26 heavy (non-hydrogen) atoms. The van der Waals surface area contributed by atoms with Crippen molar-refractivity contribution in [3.05, 3.63) is 78.4 Å². The number of para-hydroxylation sites is 1. The van der Waals surface area contributed by atoms with Crippen LogP contribution in [0, 0.1) is 0 Å². The van der Waals surface area contributed by atoms with Gasteiger partial charge in [0, 0.05) is 22.9 Å². The molecular weight excluding hydrogens is 343 g/mol. The Morgan fingerprint density at radius 1 is 0.808 bits per heavy atom. The summed E-state index contributed by atoms with van der Waals surface area (Å²) in [6.45, 7) is 0.204. The Labute approximate surface area is 148 Å². The quantitative estimate of drug-likeness (QED) is 0.619. The number of halogens is 3. The minimum atomic E-state index is -4.77. The Morgan fingerprint density at radius 2 is 1.50 bits per heavy atom. The molecule has 0 aliphatic heterocycles. The normalized spacial score (nSPS) is 11.2. The number of rotatable bonds is 5. The molecule has 134 valence electrons. The van der Waals surface area contributed by atoms with Gasteiger partial charge in [0.2, 0.25) is 0 Å². The van der Waals surface area contributed by atoms with E-state index in [1.807, 2.05) is 30.3 Å². The molecule has 0 radical (unpaired) electrons. The summed E-state index contributed by atoms with van der Waals surface area (Å²) in [7, 11) is 0. The number of hydrogen-bond acceptors (Lipinski definition) is 3. The maximum atomic E-state index is 12.5. The van der Waals surface area contributed by atoms with Crippen molar-refractivity contribution in [2.75, 3.05) is 5.73 Å². The largest absolute Gasteiger partial charge is 0.573 e. The van der Waals surface area contributed by atoms with Crippen molar-refractivity contribution >= 4 is 5.69 Å². The maximum absolute atomic E-state index is 12.5. The summed E-state index contributed by atoms with van der Waals surface area (Å²) in [4.78, 5) is 0. The first-order chi connectivity index (χ1) is 12.4. The van der Waals surface area contributed by atoms with Crippen molar-refractivity contribution in [1.29, 1.82) is 0 Å². The fourth-order valence-corrected chi connectivity index (χ4v) is 2.52. The number of nitrogens with two attached hydrogens (primary N) is 1. The van der Waals surface area contributed by atoms with Gasteiger partial charge in [0.25, 0.3) is 0 Å². The maximum Gasteiger partial charge on any atom is 0.573 e. The number of ether oxygens (including phenoxy) is 2. The molecule has 0 aromatic heterocycles. The summed E-state index contributed by atoms with van der Waals surface area (Å²) in [6.07, 6.45) is -4.77. The molecule has 0 atom stereocenters. The highest BCUT2D eigenvalue weighted by molar-refractivity contribution is 5.80. The molecular formula is C20H16F3NO2. The molecule has 2 N–H and O–H groups in total. The highest BCUT2D eigenvalue weighted by Crippen LogP contribution is 2.38. The molecule has 0 bridgehead atoms. The van der Waals surface area contributed by atoms with Gasteiger partial charge < -0.3 is 15.2 Å². The minimum Gasteiger partial charge on any atom is -0.488 e. The fourth-order valence-electron chi connectivity index (χ4n) is 2.52. The second kappa shape index (κ2) is 7.39. The Bertz CT molecular complexity index is 880. The molecule has 0 aliphatic carbocycles. The number of hydrogen-bond donors (Lipinski definition) is 1. The van der Waals surface area contributed by atoms with Gasteiger partial charge in [-0.05, 0) is 23.8 Å². The van der Waals surface area contributed by atoms with Crippen LogP contribution in [0.4, 0.5) is 18.9 Å². The van der Waals surface area contributed by atoms with Crippen LogP contribution in [0.2, 0.25) is 0 Å². The highest BCUT2D eigenvalue weighted by Gasteiger charge is 2.31. The van der Waals surface area contributed by atoms with Crippen molar-refractivity contribution < 1.29 is 22.6 Å². The first-order valence-electron chi connectivity index (χ1n) is 7.84. The molecule has 3 aromatic rings. The Balaban J connectivity index is 1.96. The van der Waals surface area contributed by atoms with Gasteiger partial charge >= 0.3 is 6.36 Å². The van der Waals surface area contributed by atoms with E-state index < -0.39 is 6.36 Å². The van der Waals surface area contributed by atoms with Crippen molar-refractivity contribution in [1.82, 2.24) is 0 Å². The van der Waals surface area contributed by atoms with E-state index >= 15 is 0 Å². The van der Waals surface area contributed by atoms with Crippen molar-refractivity contribution in [3.63, 3.8) is 0 Å². The third-order valence-electron chi connectivity index (χ3n) is 3.67. The lowest BCUT2D eigenvalue weighted by atomic mass is 10.0. The van der Waals surface area contributed by atoms with E-state index in [9.17, 15) is 13.2 Å². The van der Waals surface area contributed by atoms with Crippen LogP contribution in [-0.2, 0) is 6.61 Å². The summed E-state index contributed by atoms with van der Waals surface area (Å²) in [5.74, 6) is -0.0904. The van der Waals surface area contributed by atoms with Gasteiger partial charge in [-0.2, -0.15) is 0 Å². The van der Waals surface area contributed by atoms with Gasteiger partial charge in [-0.15, -0.1) is 13.2 Å². The highest BCUT2D eigenvalue weighted by atomic mass is 19.4. The lowest BCUT2D eigenvalue weighted by molar-refractivity contribution is -0.274. The first kappa shape index (κ1) is 17.7. The van der Waals surface area contributed by atoms with Gasteiger partial charge in [0.05, 0.1) is 0 Å². The Morgan fingerprint density at radius 3 is 2.19 bits per heavy atom. The topological polar surface area (TPSA) is 44.5 Å². The Kier molecular flexibility index (Phi) is 5.02. The molecule has 3 nitrogen and oxygen atoms in total. The van der Waals surface area contributed by atoms with Crippen molar-refractivity contribution in [2.24, 2.45) is 0 Å². The zero-order valence-corrected chi connectivity index (χ0v) is 13.7. The molecule has 0 spiro atoms. The summed E-state index contributed by atoms with van der Waals surface area (Å²) >= 11 is 0. The number of nitrogen functional groups attached to an aromatic ring is 1. The molecule has 0 heterocycles. The van der Waals surface area contributed by atoms with Crippen LogP contribution in [-0.4, -0.2) is 6.36 Å². The lowest BCUT2D eigenvalue weighted by Crippen LogP contribution is -2.17. The zero-order chi connectivity index (χ0) is 18.6. The summed E-state index contributed by atoms with van der Waals surface area (Å²) in [5, 5.41) is 0. The third-order valence-corrected chi connectivity index (χ3v) is 3.67. The number of alkyl halides is 3. The van der Waals surface area contributed by atoms with Crippen LogP contribution in [0.15, 0.2) is 72.8 Å². The van der Waals surface area contributed by atoms with Gasteiger partial charge in [-0.1, -0.05) is 48.5 Å². The molecule has 0 unspecified atom stereocenters. The van der Waals surface area contributed by atoms with Gasteiger partial charge in [-0.3, -0.25) is 0 Å². The van der Waals surface area contributed by atoms with Crippen LogP contribution in [0.3, 0.4) is 0 Å².